The molecule has 0 aromatic heterocycles. The summed E-state index contributed by atoms with van der Waals surface area (Å²) in [6.07, 6.45) is 5.20. The molecule has 12 heavy (non-hydrogen) atoms. The van der Waals surface area contributed by atoms with Crippen molar-refractivity contribution in [1.29, 1.82) is 5.26 Å². The second kappa shape index (κ2) is 3.45. The third-order valence-electron chi connectivity index (χ3n) is 2.90. The number of piperidine rings is 1. The third kappa shape index (κ3) is 1.98. The van der Waals surface area contributed by atoms with Gasteiger partial charge < -0.3 is 4.90 Å². The predicted octanol–water partition coefficient (Wildman–Crippen LogP) is 1.63. The smallest absolute Gasteiger partial charge is 0.0669 e. The minimum Gasteiger partial charge on any atom is -0.302 e. The molecular weight excluding hydrogens is 148 g/mol. The van der Waals surface area contributed by atoms with Gasteiger partial charge in [-0.15, -0.1) is 0 Å². The Morgan fingerprint density at radius 1 is 1.33 bits per heavy atom. The van der Waals surface area contributed by atoms with E-state index in [1.54, 1.807) is 0 Å². The minimum atomic E-state index is 0.317. The summed E-state index contributed by atoms with van der Waals surface area (Å²) in [4.78, 5) is 2.48. The second-order valence-electron chi connectivity index (χ2n) is 4.17. The van der Waals surface area contributed by atoms with Crippen molar-refractivity contribution in [3.63, 3.8) is 0 Å². The molecule has 66 valence electrons. The third-order valence-corrected chi connectivity index (χ3v) is 2.90. The highest BCUT2D eigenvalue weighted by molar-refractivity contribution is 4.89. The lowest BCUT2D eigenvalue weighted by molar-refractivity contribution is 0.192. The summed E-state index contributed by atoms with van der Waals surface area (Å²) >= 11 is 0. The molecule has 0 amide bonds. The van der Waals surface area contributed by atoms with E-state index in [1.165, 1.54) is 32.4 Å². The summed E-state index contributed by atoms with van der Waals surface area (Å²) in [5, 5.41) is 8.78. The molecule has 0 bridgehead atoms. The van der Waals surface area contributed by atoms with Gasteiger partial charge in [0.1, 0.15) is 0 Å². The van der Waals surface area contributed by atoms with Gasteiger partial charge in [0.25, 0.3) is 0 Å². The molecule has 1 aliphatic carbocycles. The highest BCUT2D eigenvalue weighted by Crippen LogP contribution is 2.31. The number of hydrogen-bond acceptors (Lipinski definition) is 2. The first-order valence-corrected chi connectivity index (χ1v) is 5.00. The van der Waals surface area contributed by atoms with Crippen molar-refractivity contribution in [3.05, 3.63) is 0 Å². The Morgan fingerprint density at radius 2 is 2.17 bits per heavy atom. The monoisotopic (exact) mass is 164 g/mol. The maximum Gasteiger partial charge on any atom is 0.0669 e. The fourth-order valence-corrected chi connectivity index (χ4v) is 1.99. The van der Waals surface area contributed by atoms with Crippen molar-refractivity contribution >= 4 is 0 Å². The molecule has 0 N–H and O–H groups in total. The van der Waals surface area contributed by atoms with E-state index in [0.717, 1.165) is 18.9 Å². The van der Waals surface area contributed by atoms with E-state index in [0.29, 0.717) is 5.92 Å². The molecule has 0 aromatic rings. The SMILES string of the molecule is N#CC1CCCN(CC2CC2)C1. The van der Waals surface area contributed by atoms with E-state index in [-0.39, 0.29) is 0 Å². The molecule has 2 aliphatic rings. The van der Waals surface area contributed by atoms with Crippen LogP contribution in [0, 0.1) is 23.2 Å². The van der Waals surface area contributed by atoms with E-state index in [2.05, 4.69) is 11.0 Å². The summed E-state index contributed by atoms with van der Waals surface area (Å²) in [6.45, 7) is 3.53. The van der Waals surface area contributed by atoms with Gasteiger partial charge in [0.15, 0.2) is 0 Å². The zero-order valence-corrected chi connectivity index (χ0v) is 7.50. The van der Waals surface area contributed by atoms with Crippen LogP contribution < -0.4 is 0 Å². The largest absolute Gasteiger partial charge is 0.302 e. The van der Waals surface area contributed by atoms with Gasteiger partial charge in [-0.05, 0) is 38.1 Å². The standard InChI is InChI=1S/C10H16N2/c11-6-10-2-1-5-12(8-10)7-9-3-4-9/h9-10H,1-5,7-8H2. The lowest BCUT2D eigenvalue weighted by Gasteiger charge is -2.29. The molecule has 1 aliphatic heterocycles. The fourth-order valence-electron chi connectivity index (χ4n) is 1.99. The molecule has 1 unspecified atom stereocenters. The van der Waals surface area contributed by atoms with Crippen LogP contribution in [0.25, 0.3) is 0 Å². The molecule has 2 heteroatoms. The Bertz CT molecular complexity index is 191. The molecule has 1 saturated heterocycles. The van der Waals surface area contributed by atoms with Gasteiger partial charge in [-0.25, -0.2) is 0 Å². The van der Waals surface area contributed by atoms with Crippen LogP contribution >= 0.6 is 0 Å². The average Bonchev–Trinajstić information content (AvgIpc) is 2.89. The summed E-state index contributed by atoms with van der Waals surface area (Å²) in [5.41, 5.74) is 0. The Morgan fingerprint density at radius 3 is 2.83 bits per heavy atom. The maximum absolute atomic E-state index is 8.78. The van der Waals surface area contributed by atoms with E-state index in [4.69, 9.17) is 5.26 Å². The summed E-state index contributed by atoms with van der Waals surface area (Å²) in [7, 11) is 0. The van der Waals surface area contributed by atoms with Gasteiger partial charge in [-0.1, -0.05) is 0 Å². The van der Waals surface area contributed by atoms with Crippen molar-refractivity contribution in [1.82, 2.24) is 4.90 Å². The summed E-state index contributed by atoms with van der Waals surface area (Å²) in [5.74, 6) is 1.29. The Balaban J connectivity index is 1.77. The van der Waals surface area contributed by atoms with Gasteiger partial charge in [-0.2, -0.15) is 5.26 Å². The lowest BCUT2D eigenvalue weighted by Crippen LogP contribution is -2.36. The number of likely N-dealkylation sites (tertiary alicyclic amines) is 1. The van der Waals surface area contributed by atoms with Gasteiger partial charge in [0.05, 0.1) is 12.0 Å². The molecular formula is C10H16N2. The zero-order chi connectivity index (χ0) is 8.39. The van der Waals surface area contributed by atoms with Gasteiger partial charge in [0.2, 0.25) is 0 Å². The van der Waals surface area contributed by atoms with E-state index in [1.807, 2.05) is 0 Å². The van der Waals surface area contributed by atoms with E-state index < -0.39 is 0 Å². The van der Waals surface area contributed by atoms with Crippen molar-refractivity contribution in [2.24, 2.45) is 11.8 Å². The zero-order valence-electron chi connectivity index (χ0n) is 7.50. The molecule has 0 spiro atoms. The Hall–Kier alpha value is -0.550. The molecule has 0 aromatic carbocycles. The predicted molar refractivity (Wildman–Crippen MR) is 47.5 cm³/mol. The van der Waals surface area contributed by atoms with Crippen molar-refractivity contribution < 1.29 is 0 Å². The van der Waals surface area contributed by atoms with Crippen LogP contribution in [0.3, 0.4) is 0 Å². The van der Waals surface area contributed by atoms with Crippen LogP contribution in [0.5, 0.6) is 0 Å². The lowest BCUT2D eigenvalue weighted by atomic mass is 9.99. The van der Waals surface area contributed by atoms with Gasteiger partial charge in [0, 0.05) is 13.1 Å². The number of rotatable bonds is 2. The molecule has 2 fully saturated rings. The number of nitrogens with zero attached hydrogens (tertiary/aromatic N) is 2. The first-order chi connectivity index (χ1) is 5.88. The molecule has 1 heterocycles. The van der Waals surface area contributed by atoms with Crippen molar-refractivity contribution in [3.8, 4) is 6.07 Å². The van der Waals surface area contributed by atoms with Crippen LogP contribution in [0.4, 0.5) is 0 Å². The van der Waals surface area contributed by atoms with Crippen LogP contribution in [-0.2, 0) is 0 Å². The first-order valence-electron chi connectivity index (χ1n) is 5.00. The molecule has 0 radical (unpaired) electrons. The summed E-state index contributed by atoms with van der Waals surface area (Å²) < 4.78 is 0. The fraction of sp³-hybridized carbons (Fsp3) is 0.900. The minimum absolute atomic E-state index is 0.317. The van der Waals surface area contributed by atoms with Gasteiger partial charge >= 0.3 is 0 Å². The Kier molecular flexibility index (Phi) is 2.32. The van der Waals surface area contributed by atoms with Crippen molar-refractivity contribution in [2.75, 3.05) is 19.6 Å². The highest BCUT2D eigenvalue weighted by atomic mass is 15.1. The van der Waals surface area contributed by atoms with Crippen LogP contribution in [0.1, 0.15) is 25.7 Å². The van der Waals surface area contributed by atoms with Gasteiger partial charge in [-0.3, -0.25) is 0 Å². The number of hydrogen-bond donors (Lipinski definition) is 0. The summed E-state index contributed by atoms with van der Waals surface area (Å²) in [6, 6.07) is 2.39. The molecule has 1 saturated carbocycles. The van der Waals surface area contributed by atoms with Crippen LogP contribution in [0.2, 0.25) is 0 Å². The topological polar surface area (TPSA) is 27.0 Å². The molecule has 2 rings (SSSR count). The van der Waals surface area contributed by atoms with Crippen LogP contribution in [0.15, 0.2) is 0 Å². The highest BCUT2D eigenvalue weighted by Gasteiger charge is 2.27. The first kappa shape index (κ1) is 8.07. The average molecular weight is 164 g/mol. The normalized spacial score (nSPS) is 31.4. The van der Waals surface area contributed by atoms with E-state index in [9.17, 15) is 0 Å². The Labute approximate surface area is 74.2 Å². The molecule has 1 atom stereocenters. The number of nitriles is 1. The second-order valence-corrected chi connectivity index (χ2v) is 4.17. The molecule has 2 nitrogen and oxygen atoms in total. The van der Waals surface area contributed by atoms with Crippen molar-refractivity contribution in [2.45, 2.75) is 25.7 Å². The maximum atomic E-state index is 8.78. The van der Waals surface area contributed by atoms with Crippen LogP contribution in [-0.4, -0.2) is 24.5 Å². The quantitative estimate of drug-likeness (QED) is 0.620. The van der Waals surface area contributed by atoms with E-state index >= 15 is 0 Å².